The van der Waals surface area contributed by atoms with Crippen molar-refractivity contribution in [3.8, 4) is 0 Å². The van der Waals surface area contributed by atoms with Crippen LogP contribution < -0.4 is 0 Å². The molecule has 0 N–H and O–H groups in total. The Kier molecular flexibility index (Phi) is 4.00. The van der Waals surface area contributed by atoms with Crippen LogP contribution in [0.5, 0.6) is 0 Å². The summed E-state index contributed by atoms with van der Waals surface area (Å²) in [6.45, 7) is 3.42. The quantitative estimate of drug-likeness (QED) is 0.351. The van der Waals surface area contributed by atoms with Crippen LogP contribution in [0.15, 0.2) is 23.7 Å². The van der Waals surface area contributed by atoms with Crippen molar-refractivity contribution >= 4 is 0 Å². The average molecular weight is 109 g/mol. The molecule has 0 saturated carbocycles. The van der Waals surface area contributed by atoms with Gasteiger partial charge in [-0.3, -0.25) is 0 Å². The summed E-state index contributed by atoms with van der Waals surface area (Å²) in [5, 5.41) is 0. The maximum atomic E-state index is 3.42. The summed E-state index contributed by atoms with van der Waals surface area (Å²) in [5.74, 6) is 0. The van der Waals surface area contributed by atoms with Crippen molar-refractivity contribution in [2.24, 2.45) is 0 Å². The van der Waals surface area contributed by atoms with Gasteiger partial charge in [0.05, 0.1) is 0 Å². The van der Waals surface area contributed by atoms with Crippen molar-refractivity contribution in [2.75, 3.05) is 0 Å². The van der Waals surface area contributed by atoms with Gasteiger partial charge < -0.3 is 0 Å². The van der Waals surface area contributed by atoms with Gasteiger partial charge in [-0.2, -0.15) is 0 Å². The Morgan fingerprint density at radius 1 is 1.60 bits per heavy atom. The van der Waals surface area contributed by atoms with Crippen molar-refractivity contribution in [3.63, 3.8) is 0 Å². The zero-order chi connectivity index (χ0) is 4.12. The first-order valence-corrected chi connectivity index (χ1v) is 1.92. The fourth-order valence-electron chi connectivity index (χ4n) is 0.0481. The molecule has 0 amide bonds. The molecule has 0 aliphatic rings. The third kappa shape index (κ3) is 4.00. The van der Waals surface area contributed by atoms with E-state index in [0.29, 0.717) is 0 Å². The first-order valence-electron chi connectivity index (χ1n) is 1.28. The molecule has 0 bridgehead atoms. The standard InChI is InChI=1S/C4H5.Fe/c1-3-4-2;/h1,3-4H,2H2;. The van der Waals surface area contributed by atoms with Gasteiger partial charge in [-0.25, -0.2) is 0 Å². The third-order valence-electron chi connectivity index (χ3n) is 0.204. The molecule has 0 fully saturated rings. The molecule has 1 heteroatoms. The van der Waals surface area contributed by atoms with Crippen molar-refractivity contribution in [2.45, 2.75) is 0 Å². The van der Waals surface area contributed by atoms with Gasteiger partial charge in [0.2, 0.25) is 0 Å². The van der Waals surface area contributed by atoms with E-state index < -0.39 is 0 Å². The van der Waals surface area contributed by atoms with Crippen molar-refractivity contribution < 1.29 is 16.0 Å². The van der Waals surface area contributed by atoms with E-state index in [2.05, 4.69) is 22.6 Å². The second-order valence-electron chi connectivity index (χ2n) is 0.546. The van der Waals surface area contributed by atoms with Gasteiger partial charge in [0.1, 0.15) is 0 Å². The van der Waals surface area contributed by atoms with Crippen LogP contribution in [0.2, 0.25) is 0 Å². The molecule has 0 aliphatic heterocycles. The van der Waals surface area contributed by atoms with E-state index >= 15 is 0 Å². The van der Waals surface area contributed by atoms with E-state index in [9.17, 15) is 0 Å². The predicted octanol–water partition coefficient (Wildman–Crippen LogP) is 1.23. The van der Waals surface area contributed by atoms with Crippen LogP contribution >= 0.6 is 0 Å². The summed E-state index contributed by atoms with van der Waals surface area (Å²) < 4.78 is 0. The molecule has 0 saturated heterocycles. The molecule has 0 spiro atoms. The molecule has 0 radical (unpaired) electrons. The van der Waals surface area contributed by atoms with Gasteiger partial charge in [0, 0.05) is 0 Å². The number of allylic oxidation sites excluding steroid dienone is 2. The van der Waals surface area contributed by atoms with Crippen LogP contribution in [0.4, 0.5) is 0 Å². The SMILES string of the molecule is C=CC=[CH][Fe]. The Balaban J connectivity index is 2.92. The number of hydrogen-bond donors (Lipinski definition) is 0. The van der Waals surface area contributed by atoms with Gasteiger partial charge in [-0.1, -0.05) is 0 Å². The minimum absolute atomic E-state index is 1.69. The summed E-state index contributed by atoms with van der Waals surface area (Å²) in [4.78, 5) is 1.69. The molecule has 0 aromatic rings. The summed E-state index contributed by atoms with van der Waals surface area (Å²) >= 11 is 3.42. The van der Waals surface area contributed by atoms with Crippen molar-refractivity contribution in [3.05, 3.63) is 23.7 Å². The molecule has 0 rings (SSSR count). The molecule has 0 aromatic heterocycles. The van der Waals surface area contributed by atoms with Crippen LogP contribution in [0.1, 0.15) is 0 Å². The molecule has 29 valence electrons. The normalized spacial score (nSPS) is 9.00. The molecule has 5 heavy (non-hydrogen) atoms. The Bertz CT molecular complexity index is 45.6. The number of rotatable bonds is 1. The molecular weight excluding hydrogens is 104 g/mol. The van der Waals surface area contributed by atoms with E-state index in [-0.39, 0.29) is 0 Å². The Labute approximate surface area is 40.4 Å². The third-order valence-corrected chi connectivity index (χ3v) is 0.417. The number of hydrogen-bond acceptors (Lipinski definition) is 0. The zero-order valence-corrected chi connectivity index (χ0v) is 3.90. The molecule has 0 nitrogen and oxygen atoms in total. The predicted molar refractivity (Wildman–Crippen MR) is 19.3 cm³/mol. The summed E-state index contributed by atoms with van der Waals surface area (Å²) in [6.07, 6.45) is 3.47. The van der Waals surface area contributed by atoms with E-state index in [1.165, 1.54) is 0 Å². The minimum atomic E-state index is 1.69. The van der Waals surface area contributed by atoms with Gasteiger partial charge in [0.15, 0.2) is 0 Å². The second-order valence-corrected chi connectivity index (χ2v) is 0.914. The average Bonchev–Trinajstić information content (AvgIpc) is 1.41. The fourth-order valence-corrected chi connectivity index (χ4v) is 0.198. The molecule has 0 unspecified atom stereocenters. The van der Waals surface area contributed by atoms with Gasteiger partial charge >= 0.3 is 39.7 Å². The first kappa shape index (κ1) is 5.00. The molecule has 0 atom stereocenters. The Hall–Kier alpha value is -0.000519. The van der Waals surface area contributed by atoms with Gasteiger partial charge in [-0.15, -0.1) is 0 Å². The van der Waals surface area contributed by atoms with Crippen LogP contribution in [0.25, 0.3) is 0 Å². The van der Waals surface area contributed by atoms with Crippen LogP contribution in [0, 0.1) is 0 Å². The second kappa shape index (κ2) is 4.00. The summed E-state index contributed by atoms with van der Waals surface area (Å²) in [5.41, 5.74) is 0. The van der Waals surface area contributed by atoms with Gasteiger partial charge in [-0.05, 0) is 0 Å². The zero-order valence-electron chi connectivity index (χ0n) is 2.79. The fraction of sp³-hybridized carbons (Fsp3) is 0. The van der Waals surface area contributed by atoms with E-state index in [0.717, 1.165) is 0 Å². The monoisotopic (exact) mass is 109 g/mol. The van der Waals surface area contributed by atoms with Crippen LogP contribution in [-0.2, 0) is 16.0 Å². The first-order chi connectivity index (χ1) is 2.41. The molecule has 0 aliphatic carbocycles. The molecule has 0 aromatic carbocycles. The summed E-state index contributed by atoms with van der Waals surface area (Å²) in [7, 11) is 0. The summed E-state index contributed by atoms with van der Waals surface area (Å²) in [6, 6.07) is 0. The maximum absolute atomic E-state index is 3.42. The van der Waals surface area contributed by atoms with Crippen LogP contribution in [-0.4, -0.2) is 0 Å². The topological polar surface area (TPSA) is 0 Å². The van der Waals surface area contributed by atoms with Crippen molar-refractivity contribution in [1.29, 1.82) is 0 Å². The molecule has 0 heterocycles. The van der Waals surface area contributed by atoms with E-state index in [1.807, 2.05) is 0 Å². The van der Waals surface area contributed by atoms with E-state index in [4.69, 9.17) is 0 Å². The Morgan fingerprint density at radius 3 is 2.20 bits per heavy atom. The van der Waals surface area contributed by atoms with Crippen LogP contribution in [0.3, 0.4) is 0 Å². The van der Waals surface area contributed by atoms with Gasteiger partial charge in [0.25, 0.3) is 0 Å². The van der Waals surface area contributed by atoms with E-state index in [1.54, 1.807) is 17.1 Å². The van der Waals surface area contributed by atoms with Crippen molar-refractivity contribution in [1.82, 2.24) is 0 Å². The molecular formula is C4H5Fe. The Morgan fingerprint density at radius 2 is 2.20 bits per heavy atom.